The molecule has 0 saturated heterocycles. The summed E-state index contributed by atoms with van der Waals surface area (Å²) in [6, 6.07) is 11.1. The van der Waals surface area contributed by atoms with Gasteiger partial charge in [-0.25, -0.2) is 4.39 Å². The molecule has 5 nitrogen and oxygen atoms in total. The summed E-state index contributed by atoms with van der Waals surface area (Å²) in [6.45, 7) is 0.497. The zero-order chi connectivity index (χ0) is 17.8. The van der Waals surface area contributed by atoms with Crippen molar-refractivity contribution in [2.24, 2.45) is 0 Å². The number of hydrogen-bond acceptors (Lipinski definition) is 3. The molecule has 0 radical (unpaired) electrons. The van der Waals surface area contributed by atoms with Crippen molar-refractivity contribution in [2.75, 3.05) is 13.7 Å². The third-order valence-corrected chi connectivity index (χ3v) is 4.15. The molecule has 130 valence electrons. The fourth-order valence-corrected chi connectivity index (χ4v) is 2.84. The van der Waals surface area contributed by atoms with Crippen LogP contribution in [0.15, 0.2) is 48.7 Å². The van der Waals surface area contributed by atoms with Gasteiger partial charge in [-0.15, -0.1) is 0 Å². The summed E-state index contributed by atoms with van der Waals surface area (Å²) in [5.41, 5.74) is 2.26. The second-order valence-electron chi connectivity index (χ2n) is 5.76. The number of halogens is 1. The summed E-state index contributed by atoms with van der Waals surface area (Å²) in [6.07, 6.45) is 2.30. The van der Waals surface area contributed by atoms with Gasteiger partial charge in [0.05, 0.1) is 7.11 Å². The lowest BCUT2D eigenvalue weighted by molar-refractivity contribution is -0.139. The second-order valence-corrected chi connectivity index (χ2v) is 5.76. The van der Waals surface area contributed by atoms with Gasteiger partial charge in [-0.2, -0.15) is 0 Å². The van der Waals surface area contributed by atoms with Crippen molar-refractivity contribution in [2.45, 2.75) is 12.5 Å². The highest BCUT2D eigenvalue weighted by molar-refractivity contribution is 5.89. The summed E-state index contributed by atoms with van der Waals surface area (Å²) >= 11 is 0. The minimum atomic E-state index is -0.972. The Bertz CT molecular complexity index is 874. The van der Waals surface area contributed by atoms with Gasteiger partial charge in [0.15, 0.2) is 0 Å². The Morgan fingerprint density at radius 3 is 2.72 bits per heavy atom. The van der Waals surface area contributed by atoms with Crippen molar-refractivity contribution in [3.05, 3.63) is 65.6 Å². The Morgan fingerprint density at radius 2 is 2.04 bits per heavy atom. The van der Waals surface area contributed by atoms with Crippen LogP contribution in [0.4, 0.5) is 4.39 Å². The van der Waals surface area contributed by atoms with Crippen LogP contribution in [0.25, 0.3) is 10.9 Å². The van der Waals surface area contributed by atoms with Gasteiger partial charge >= 0.3 is 5.97 Å². The van der Waals surface area contributed by atoms with E-state index in [0.29, 0.717) is 29.4 Å². The zero-order valence-electron chi connectivity index (χ0n) is 13.8. The van der Waals surface area contributed by atoms with E-state index in [0.717, 1.165) is 11.3 Å². The fourth-order valence-electron chi connectivity index (χ4n) is 2.84. The van der Waals surface area contributed by atoms with Gasteiger partial charge in [-0.05, 0) is 42.3 Å². The predicted octanol–water partition coefficient (Wildman–Crippen LogP) is 3.27. The van der Waals surface area contributed by atoms with Gasteiger partial charge in [0, 0.05) is 29.2 Å². The molecule has 0 bridgehead atoms. The molecule has 1 heterocycles. The molecule has 0 aliphatic heterocycles. The van der Waals surface area contributed by atoms with Crippen LogP contribution in [-0.2, 0) is 11.2 Å². The largest absolute Gasteiger partial charge is 0.497 e. The van der Waals surface area contributed by atoms with Crippen molar-refractivity contribution in [1.82, 2.24) is 10.3 Å². The van der Waals surface area contributed by atoms with Gasteiger partial charge in [0.1, 0.15) is 17.6 Å². The molecule has 0 spiro atoms. The van der Waals surface area contributed by atoms with Crippen LogP contribution < -0.4 is 10.1 Å². The van der Waals surface area contributed by atoms with Crippen LogP contribution in [0.2, 0.25) is 0 Å². The van der Waals surface area contributed by atoms with Crippen molar-refractivity contribution in [3.63, 3.8) is 0 Å². The normalized spacial score (nSPS) is 12.2. The Hall–Kier alpha value is -2.86. The van der Waals surface area contributed by atoms with Crippen molar-refractivity contribution in [1.29, 1.82) is 0 Å². The van der Waals surface area contributed by atoms with E-state index in [2.05, 4.69) is 10.3 Å². The third-order valence-electron chi connectivity index (χ3n) is 4.15. The Labute approximate surface area is 144 Å². The van der Waals surface area contributed by atoms with Gasteiger partial charge in [0.25, 0.3) is 0 Å². The Kier molecular flexibility index (Phi) is 5.00. The summed E-state index contributed by atoms with van der Waals surface area (Å²) in [4.78, 5) is 14.6. The summed E-state index contributed by atoms with van der Waals surface area (Å²) in [5.74, 6) is -0.550. The first-order valence-electron chi connectivity index (χ1n) is 7.94. The van der Waals surface area contributed by atoms with E-state index in [9.17, 15) is 14.3 Å². The average Bonchev–Trinajstić information content (AvgIpc) is 3.01. The predicted molar refractivity (Wildman–Crippen MR) is 93.3 cm³/mol. The molecule has 6 heteroatoms. The molecule has 1 atom stereocenters. The molecular weight excluding hydrogens is 323 g/mol. The first kappa shape index (κ1) is 17.0. The number of aliphatic carboxylic acids is 1. The molecule has 0 aliphatic rings. The van der Waals surface area contributed by atoms with Gasteiger partial charge < -0.3 is 20.1 Å². The molecule has 3 rings (SSSR count). The number of hydrogen-bond donors (Lipinski definition) is 3. The first-order chi connectivity index (χ1) is 12.1. The number of ether oxygens (including phenoxy) is 1. The van der Waals surface area contributed by atoms with E-state index in [1.54, 1.807) is 19.4 Å². The molecule has 3 N–H and O–H groups in total. The first-order valence-corrected chi connectivity index (χ1v) is 7.94. The molecule has 3 aromatic rings. The maximum atomic E-state index is 13.3. The Morgan fingerprint density at radius 1 is 1.28 bits per heavy atom. The van der Waals surface area contributed by atoms with Gasteiger partial charge in [0.2, 0.25) is 0 Å². The molecule has 2 aromatic carbocycles. The van der Waals surface area contributed by atoms with Crippen LogP contribution in [0.5, 0.6) is 5.75 Å². The number of carboxylic acids is 1. The van der Waals surface area contributed by atoms with E-state index in [4.69, 9.17) is 4.74 Å². The smallest absolute Gasteiger partial charge is 0.325 e. The van der Waals surface area contributed by atoms with Crippen molar-refractivity contribution >= 4 is 16.9 Å². The second kappa shape index (κ2) is 7.36. The molecule has 0 amide bonds. The monoisotopic (exact) mass is 342 g/mol. The standard InChI is InChI=1S/C19H19FN2O3/c1-25-14-5-2-12(3-6-14)8-9-21-18(19(23)24)16-11-22-17-10-13(20)4-7-15(16)17/h2-7,10-11,18,21-22H,8-9H2,1H3,(H,23,24)/t18-/m1/s1. The lowest BCUT2D eigenvalue weighted by Gasteiger charge is -2.14. The third kappa shape index (κ3) is 3.80. The van der Waals surface area contributed by atoms with Gasteiger partial charge in [-0.3, -0.25) is 4.79 Å². The lowest BCUT2D eigenvalue weighted by atomic mass is 10.1. The number of fused-ring (bicyclic) bond motifs is 1. The molecule has 0 saturated carbocycles. The number of benzene rings is 2. The highest BCUT2D eigenvalue weighted by Crippen LogP contribution is 2.25. The number of methoxy groups -OCH3 is 1. The van der Waals surface area contributed by atoms with E-state index >= 15 is 0 Å². The Balaban J connectivity index is 1.71. The minimum absolute atomic E-state index is 0.361. The number of H-pyrrole nitrogens is 1. The number of aromatic nitrogens is 1. The van der Waals surface area contributed by atoms with Crippen LogP contribution in [0.1, 0.15) is 17.2 Å². The van der Waals surface area contributed by atoms with Crippen LogP contribution in [-0.4, -0.2) is 29.7 Å². The summed E-state index contributed by atoms with van der Waals surface area (Å²) in [7, 11) is 1.61. The van der Waals surface area contributed by atoms with E-state index < -0.39 is 12.0 Å². The maximum absolute atomic E-state index is 13.3. The number of carboxylic acid groups (broad SMARTS) is 1. The van der Waals surface area contributed by atoms with E-state index in [1.165, 1.54) is 12.1 Å². The van der Waals surface area contributed by atoms with Crippen LogP contribution in [0, 0.1) is 5.82 Å². The van der Waals surface area contributed by atoms with Crippen LogP contribution in [0.3, 0.4) is 0 Å². The SMILES string of the molecule is COc1ccc(CCN[C@@H](C(=O)O)c2c[nH]c3cc(F)ccc23)cc1. The molecule has 1 aromatic heterocycles. The molecular formula is C19H19FN2O3. The number of rotatable bonds is 7. The minimum Gasteiger partial charge on any atom is -0.497 e. The average molecular weight is 342 g/mol. The number of carbonyl (C=O) groups is 1. The van der Waals surface area contributed by atoms with Crippen LogP contribution >= 0.6 is 0 Å². The zero-order valence-corrected chi connectivity index (χ0v) is 13.8. The number of nitrogens with one attached hydrogen (secondary N) is 2. The lowest BCUT2D eigenvalue weighted by Crippen LogP contribution is -2.30. The number of aromatic amines is 1. The maximum Gasteiger partial charge on any atom is 0.325 e. The highest BCUT2D eigenvalue weighted by Gasteiger charge is 2.22. The highest BCUT2D eigenvalue weighted by atomic mass is 19.1. The van der Waals surface area contributed by atoms with E-state index in [1.807, 2.05) is 24.3 Å². The molecule has 0 unspecified atom stereocenters. The van der Waals surface area contributed by atoms with E-state index in [-0.39, 0.29) is 5.82 Å². The fraction of sp³-hybridized carbons (Fsp3) is 0.211. The van der Waals surface area contributed by atoms with Crippen molar-refractivity contribution < 1.29 is 19.0 Å². The summed E-state index contributed by atoms with van der Waals surface area (Å²) < 4.78 is 18.4. The summed E-state index contributed by atoms with van der Waals surface area (Å²) in [5, 5.41) is 13.3. The quantitative estimate of drug-likeness (QED) is 0.616. The topological polar surface area (TPSA) is 74.3 Å². The molecule has 0 aliphatic carbocycles. The van der Waals surface area contributed by atoms with Crippen molar-refractivity contribution in [3.8, 4) is 5.75 Å². The molecule has 25 heavy (non-hydrogen) atoms. The molecule has 0 fully saturated rings. The van der Waals surface area contributed by atoms with Gasteiger partial charge in [-0.1, -0.05) is 12.1 Å².